The number of benzene rings is 1. The van der Waals surface area contributed by atoms with Gasteiger partial charge >= 0.3 is 0 Å². The average Bonchev–Trinajstić information content (AvgIpc) is 2.65. The van der Waals surface area contributed by atoms with Gasteiger partial charge in [-0.3, -0.25) is 4.79 Å². The number of nitrogens with zero attached hydrogens (tertiary/aromatic N) is 2. The highest BCUT2D eigenvalue weighted by Gasteiger charge is 2.16. The standard InChI is InChI=1S/C19H25ClN4O3/c1-5-6-7-8-21-18-11-15(22-12(2)23-18)19(25)24-14-10-16(26-3)13(20)9-17(14)27-4/h9-11H,5-8H2,1-4H3,(H,24,25)(H,21,22,23). The van der Waals surface area contributed by atoms with Gasteiger partial charge < -0.3 is 20.1 Å². The fourth-order valence-electron chi connectivity index (χ4n) is 2.51. The molecule has 7 nitrogen and oxygen atoms in total. The number of methoxy groups -OCH3 is 2. The van der Waals surface area contributed by atoms with Gasteiger partial charge in [0.05, 0.1) is 24.9 Å². The molecule has 0 unspecified atom stereocenters. The van der Waals surface area contributed by atoms with E-state index in [4.69, 9.17) is 21.1 Å². The summed E-state index contributed by atoms with van der Waals surface area (Å²) in [4.78, 5) is 21.2. The van der Waals surface area contributed by atoms with Crippen molar-refractivity contribution in [2.75, 3.05) is 31.4 Å². The first-order valence-corrected chi connectivity index (χ1v) is 9.18. The van der Waals surface area contributed by atoms with Crippen LogP contribution in [-0.4, -0.2) is 36.6 Å². The summed E-state index contributed by atoms with van der Waals surface area (Å²) in [6.07, 6.45) is 3.33. The van der Waals surface area contributed by atoms with Crippen LogP contribution in [0.4, 0.5) is 11.5 Å². The van der Waals surface area contributed by atoms with Crippen LogP contribution in [0, 0.1) is 6.92 Å². The molecule has 1 heterocycles. The molecule has 0 saturated heterocycles. The van der Waals surface area contributed by atoms with Crippen LogP contribution >= 0.6 is 11.6 Å². The molecule has 0 aliphatic heterocycles. The minimum absolute atomic E-state index is 0.261. The number of unbranched alkanes of at least 4 members (excludes halogenated alkanes) is 2. The lowest BCUT2D eigenvalue weighted by atomic mass is 10.2. The number of aromatic nitrogens is 2. The highest BCUT2D eigenvalue weighted by Crippen LogP contribution is 2.36. The average molecular weight is 393 g/mol. The second kappa shape index (κ2) is 9.97. The van der Waals surface area contributed by atoms with Gasteiger partial charge in [0, 0.05) is 24.7 Å². The third-order valence-corrected chi connectivity index (χ3v) is 4.17. The van der Waals surface area contributed by atoms with Crippen LogP contribution < -0.4 is 20.1 Å². The number of nitrogens with one attached hydrogen (secondary N) is 2. The molecule has 1 aromatic heterocycles. The maximum atomic E-state index is 12.7. The fourth-order valence-corrected chi connectivity index (χ4v) is 2.74. The van der Waals surface area contributed by atoms with Crippen molar-refractivity contribution in [2.24, 2.45) is 0 Å². The number of aryl methyl sites for hydroxylation is 1. The third kappa shape index (κ3) is 5.72. The summed E-state index contributed by atoms with van der Waals surface area (Å²) in [5.41, 5.74) is 0.703. The van der Waals surface area contributed by atoms with Crippen LogP contribution in [0.25, 0.3) is 0 Å². The van der Waals surface area contributed by atoms with Gasteiger partial charge in [-0.2, -0.15) is 0 Å². The number of halogens is 1. The third-order valence-electron chi connectivity index (χ3n) is 3.88. The number of hydrogen-bond donors (Lipinski definition) is 2. The molecule has 0 atom stereocenters. The number of carbonyl (C=O) groups excluding carboxylic acids is 1. The van der Waals surface area contributed by atoms with E-state index in [0.717, 1.165) is 25.8 Å². The Balaban J connectivity index is 2.19. The zero-order chi connectivity index (χ0) is 19.8. The van der Waals surface area contributed by atoms with Crippen molar-refractivity contribution in [2.45, 2.75) is 33.1 Å². The van der Waals surface area contributed by atoms with Gasteiger partial charge in [0.15, 0.2) is 0 Å². The minimum Gasteiger partial charge on any atom is -0.495 e. The van der Waals surface area contributed by atoms with E-state index in [9.17, 15) is 4.79 Å². The van der Waals surface area contributed by atoms with Crippen molar-refractivity contribution in [3.63, 3.8) is 0 Å². The van der Waals surface area contributed by atoms with E-state index in [0.29, 0.717) is 33.9 Å². The predicted octanol–water partition coefficient (Wildman–Crippen LogP) is 4.31. The Morgan fingerprint density at radius 2 is 1.85 bits per heavy atom. The molecule has 146 valence electrons. The monoisotopic (exact) mass is 392 g/mol. The Morgan fingerprint density at radius 1 is 1.11 bits per heavy atom. The van der Waals surface area contributed by atoms with Crippen LogP contribution in [0.1, 0.15) is 42.5 Å². The van der Waals surface area contributed by atoms with Crippen LogP contribution in [-0.2, 0) is 0 Å². The molecule has 0 spiro atoms. The number of anilines is 2. The maximum absolute atomic E-state index is 12.7. The lowest BCUT2D eigenvalue weighted by Gasteiger charge is -2.13. The van der Waals surface area contributed by atoms with Crippen molar-refractivity contribution in [1.82, 2.24) is 9.97 Å². The van der Waals surface area contributed by atoms with Crippen molar-refractivity contribution in [3.8, 4) is 11.5 Å². The summed E-state index contributed by atoms with van der Waals surface area (Å²) in [6.45, 7) is 4.70. The van der Waals surface area contributed by atoms with E-state index in [-0.39, 0.29) is 11.6 Å². The molecule has 1 aromatic carbocycles. The highest BCUT2D eigenvalue weighted by molar-refractivity contribution is 6.32. The molecular formula is C19H25ClN4O3. The largest absolute Gasteiger partial charge is 0.495 e. The molecular weight excluding hydrogens is 368 g/mol. The Kier molecular flexibility index (Phi) is 7.67. The van der Waals surface area contributed by atoms with Gasteiger partial charge in [0.1, 0.15) is 28.8 Å². The van der Waals surface area contributed by atoms with Crippen LogP contribution in [0.3, 0.4) is 0 Å². The molecule has 0 aliphatic carbocycles. The van der Waals surface area contributed by atoms with E-state index in [1.165, 1.54) is 14.2 Å². The number of ether oxygens (including phenoxy) is 2. The molecule has 8 heteroatoms. The molecule has 0 fully saturated rings. The van der Waals surface area contributed by atoms with Crippen LogP contribution in [0.5, 0.6) is 11.5 Å². The highest BCUT2D eigenvalue weighted by atomic mass is 35.5. The van der Waals surface area contributed by atoms with Gasteiger partial charge in [-0.05, 0) is 13.3 Å². The molecule has 0 bridgehead atoms. The summed E-state index contributed by atoms with van der Waals surface area (Å²) in [5, 5.41) is 6.42. The molecule has 0 saturated carbocycles. The smallest absolute Gasteiger partial charge is 0.274 e. The number of rotatable bonds is 9. The van der Waals surface area contributed by atoms with E-state index in [2.05, 4.69) is 27.5 Å². The fraction of sp³-hybridized carbons (Fsp3) is 0.421. The lowest BCUT2D eigenvalue weighted by molar-refractivity contribution is 0.102. The van der Waals surface area contributed by atoms with Crippen molar-refractivity contribution < 1.29 is 14.3 Å². The normalized spacial score (nSPS) is 10.4. The molecule has 27 heavy (non-hydrogen) atoms. The minimum atomic E-state index is -0.375. The Labute approximate surface area is 164 Å². The summed E-state index contributed by atoms with van der Waals surface area (Å²) in [5.74, 6) is 1.63. The van der Waals surface area contributed by atoms with E-state index >= 15 is 0 Å². The number of hydrogen-bond acceptors (Lipinski definition) is 6. The molecule has 2 N–H and O–H groups in total. The van der Waals surface area contributed by atoms with Gasteiger partial charge in [-0.25, -0.2) is 9.97 Å². The van der Waals surface area contributed by atoms with Gasteiger partial charge in [0.2, 0.25) is 0 Å². The Hall–Kier alpha value is -2.54. The van der Waals surface area contributed by atoms with Gasteiger partial charge in [-0.1, -0.05) is 31.4 Å². The molecule has 0 aliphatic rings. The quantitative estimate of drug-likeness (QED) is 0.618. The first-order valence-electron chi connectivity index (χ1n) is 8.80. The zero-order valence-corrected chi connectivity index (χ0v) is 16.8. The van der Waals surface area contributed by atoms with Crippen molar-refractivity contribution in [1.29, 1.82) is 0 Å². The van der Waals surface area contributed by atoms with Gasteiger partial charge in [0.25, 0.3) is 5.91 Å². The second-order valence-corrected chi connectivity index (χ2v) is 6.37. The topological polar surface area (TPSA) is 85.4 Å². The lowest BCUT2D eigenvalue weighted by Crippen LogP contribution is -2.16. The number of amides is 1. The predicted molar refractivity (Wildman–Crippen MR) is 107 cm³/mol. The second-order valence-electron chi connectivity index (χ2n) is 5.96. The SMILES string of the molecule is CCCCCNc1cc(C(=O)Nc2cc(OC)c(Cl)cc2OC)nc(C)n1. The first-order chi connectivity index (χ1) is 13.0. The van der Waals surface area contributed by atoms with Gasteiger partial charge in [-0.15, -0.1) is 0 Å². The van der Waals surface area contributed by atoms with E-state index in [1.54, 1.807) is 25.1 Å². The summed E-state index contributed by atoms with van der Waals surface area (Å²) in [6, 6.07) is 4.83. The van der Waals surface area contributed by atoms with Crippen molar-refractivity contribution >= 4 is 29.0 Å². The van der Waals surface area contributed by atoms with E-state index < -0.39 is 0 Å². The molecule has 2 rings (SSSR count). The van der Waals surface area contributed by atoms with Crippen LogP contribution in [0.15, 0.2) is 18.2 Å². The summed E-state index contributed by atoms with van der Waals surface area (Å²) < 4.78 is 10.5. The maximum Gasteiger partial charge on any atom is 0.274 e. The molecule has 0 radical (unpaired) electrons. The van der Waals surface area contributed by atoms with Crippen molar-refractivity contribution in [3.05, 3.63) is 34.7 Å². The first kappa shape index (κ1) is 20.8. The Morgan fingerprint density at radius 3 is 2.52 bits per heavy atom. The summed E-state index contributed by atoms with van der Waals surface area (Å²) >= 11 is 6.10. The molecule has 2 aromatic rings. The zero-order valence-electron chi connectivity index (χ0n) is 16.1. The number of carbonyl (C=O) groups is 1. The Bertz CT molecular complexity index is 799. The summed E-state index contributed by atoms with van der Waals surface area (Å²) in [7, 11) is 3.00. The van der Waals surface area contributed by atoms with E-state index in [1.807, 2.05) is 0 Å². The molecule has 1 amide bonds. The van der Waals surface area contributed by atoms with Crippen LogP contribution in [0.2, 0.25) is 5.02 Å².